The van der Waals surface area contributed by atoms with Gasteiger partial charge in [-0.1, -0.05) is 23.7 Å². The average molecular weight is 388 g/mol. The zero-order valence-electron chi connectivity index (χ0n) is 13.4. The van der Waals surface area contributed by atoms with Gasteiger partial charge in [0, 0.05) is 10.6 Å². The van der Waals surface area contributed by atoms with Gasteiger partial charge in [-0.2, -0.15) is 0 Å². The molecule has 1 heterocycles. The van der Waals surface area contributed by atoms with Gasteiger partial charge >= 0.3 is 7.25 Å². The van der Waals surface area contributed by atoms with Crippen molar-refractivity contribution >= 4 is 29.8 Å². The van der Waals surface area contributed by atoms with E-state index in [1.165, 1.54) is 0 Å². The second kappa shape index (κ2) is 8.87. The highest BCUT2D eigenvalue weighted by Crippen LogP contribution is 2.23. The third kappa shape index (κ3) is 6.20. The molecule has 0 fully saturated rings. The number of hydrogen-bond acceptors (Lipinski definition) is 2. The zero-order chi connectivity index (χ0) is 19.2. The number of halogens is 5. The van der Waals surface area contributed by atoms with Gasteiger partial charge in [-0.3, -0.25) is 0 Å². The van der Waals surface area contributed by atoms with Gasteiger partial charge in [0.1, 0.15) is 18.0 Å². The van der Waals surface area contributed by atoms with Crippen molar-refractivity contribution in [2.45, 2.75) is 0 Å². The second-order valence-corrected chi connectivity index (χ2v) is 5.61. The topological polar surface area (TPSA) is 47.3 Å². The zero-order valence-corrected chi connectivity index (χ0v) is 14.2. The van der Waals surface area contributed by atoms with Crippen LogP contribution in [0.3, 0.4) is 0 Å². The fourth-order valence-electron chi connectivity index (χ4n) is 2.23. The van der Waals surface area contributed by atoms with Crippen LogP contribution in [-0.2, 0) is 0 Å². The van der Waals surface area contributed by atoms with Crippen LogP contribution in [-0.4, -0.2) is 25.5 Å². The summed E-state index contributed by atoms with van der Waals surface area (Å²) in [4.78, 5) is 3.22. The van der Waals surface area contributed by atoms with Gasteiger partial charge in [-0.25, -0.2) is 4.99 Å². The van der Waals surface area contributed by atoms with E-state index >= 15 is 0 Å². The summed E-state index contributed by atoms with van der Waals surface area (Å²) in [6.07, 6.45) is 0. The molecule has 3 nitrogen and oxygen atoms in total. The maximum absolute atomic E-state index is 9.75. The summed E-state index contributed by atoms with van der Waals surface area (Å²) in [6, 6.07) is 17.3. The molecule has 0 saturated heterocycles. The smallest absolute Gasteiger partial charge is 0.456 e. The minimum Gasteiger partial charge on any atom is -0.456 e. The number of para-hydroxylation sites is 1. The van der Waals surface area contributed by atoms with Gasteiger partial charge in [0.2, 0.25) is 5.36 Å². The molecular formula is C17H15BClF4NO2. The van der Waals surface area contributed by atoms with Gasteiger partial charge in [0.25, 0.3) is 0 Å². The van der Waals surface area contributed by atoms with Crippen molar-refractivity contribution < 1.29 is 31.8 Å². The first-order valence-corrected chi connectivity index (χ1v) is 7.99. The van der Waals surface area contributed by atoms with Crippen LogP contribution in [0.4, 0.5) is 17.3 Å². The molecule has 0 amide bonds. The predicted octanol–water partition coefficient (Wildman–Crippen LogP) is 3.03. The van der Waals surface area contributed by atoms with Crippen LogP contribution >= 0.6 is 11.6 Å². The first kappa shape index (κ1) is 20.0. The number of aliphatic hydroxyl groups excluding tert-OH is 1. The Bertz CT molecular complexity index is 920. The van der Waals surface area contributed by atoms with Crippen LogP contribution < -0.4 is 10.3 Å². The Hall–Kier alpha value is -2.32. The molecule has 9 heteroatoms. The lowest BCUT2D eigenvalue weighted by Crippen LogP contribution is -2.77. The lowest BCUT2D eigenvalue weighted by Gasteiger charge is -2.03. The van der Waals surface area contributed by atoms with E-state index in [0.717, 1.165) is 27.7 Å². The summed E-state index contributed by atoms with van der Waals surface area (Å²) in [5.74, 6) is 0.755. The van der Waals surface area contributed by atoms with Gasteiger partial charge < -0.3 is 26.8 Å². The molecule has 3 rings (SSSR count). The van der Waals surface area contributed by atoms with Crippen LogP contribution in [0.15, 0.2) is 59.0 Å². The molecule has 0 atom stereocenters. The number of rotatable bonds is 3. The average Bonchev–Trinajstić information content (AvgIpc) is 2.58. The third-order valence-electron chi connectivity index (χ3n) is 3.23. The highest BCUT2D eigenvalue weighted by molar-refractivity contribution is 6.50. The van der Waals surface area contributed by atoms with E-state index < -0.39 is 7.25 Å². The van der Waals surface area contributed by atoms with Crippen molar-refractivity contribution in [2.75, 3.05) is 13.2 Å². The summed E-state index contributed by atoms with van der Waals surface area (Å²) >= 11 is 5.92. The lowest BCUT2D eigenvalue weighted by molar-refractivity contribution is -0.501. The van der Waals surface area contributed by atoms with Crippen LogP contribution in [0.5, 0.6) is 0 Å². The fourth-order valence-corrected chi connectivity index (χ4v) is 2.35. The van der Waals surface area contributed by atoms with Crippen molar-refractivity contribution in [1.29, 1.82) is 0 Å². The molecule has 0 aliphatic carbocycles. The van der Waals surface area contributed by atoms with Gasteiger partial charge in [0.05, 0.1) is 11.5 Å². The molecule has 3 aromatic rings. The Morgan fingerprint density at radius 1 is 1.00 bits per heavy atom. The minimum atomic E-state index is -6.00. The van der Waals surface area contributed by atoms with Crippen molar-refractivity contribution in [1.82, 2.24) is 0 Å². The number of hydrogen-bond donors (Lipinski definition) is 2. The molecule has 2 N–H and O–H groups in total. The molecule has 0 radical (unpaired) electrons. The lowest BCUT2D eigenvalue weighted by atomic mass is 10.1. The number of fused-ring (bicyclic) bond motifs is 1. The van der Waals surface area contributed by atoms with E-state index in [-0.39, 0.29) is 6.61 Å². The van der Waals surface area contributed by atoms with E-state index in [0.29, 0.717) is 11.6 Å². The van der Waals surface area contributed by atoms with E-state index in [9.17, 15) is 17.3 Å². The summed E-state index contributed by atoms with van der Waals surface area (Å²) in [5.41, 5.74) is 1.75. The summed E-state index contributed by atoms with van der Waals surface area (Å²) in [6.45, 7) is 0.574. The number of benzene rings is 2. The highest BCUT2D eigenvalue weighted by atomic mass is 35.5. The monoisotopic (exact) mass is 387 g/mol. The maximum Gasteiger partial charge on any atom is 0.673 e. The SMILES string of the molecule is F[B-](F)(F)F.OCC[NH+]=c1cc(-c2ccc(Cl)cc2)oc2ccccc12. The molecule has 0 aliphatic heterocycles. The Balaban J connectivity index is 0.000000431. The first-order chi connectivity index (χ1) is 12.3. The predicted molar refractivity (Wildman–Crippen MR) is 92.9 cm³/mol. The van der Waals surface area contributed by atoms with Gasteiger partial charge in [-0.05, 0) is 36.4 Å². The van der Waals surface area contributed by atoms with E-state index in [1.54, 1.807) is 0 Å². The molecule has 0 bridgehead atoms. The van der Waals surface area contributed by atoms with Crippen molar-refractivity contribution in [3.05, 3.63) is 65.0 Å². The number of aliphatic hydroxyl groups is 1. The molecular weight excluding hydrogens is 372 g/mol. The quantitative estimate of drug-likeness (QED) is 0.536. The molecule has 26 heavy (non-hydrogen) atoms. The molecule has 0 unspecified atom stereocenters. The highest BCUT2D eigenvalue weighted by Gasteiger charge is 2.20. The van der Waals surface area contributed by atoms with Gasteiger partial charge in [0.15, 0.2) is 6.54 Å². The minimum absolute atomic E-state index is 0.0800. The second-order valence-electron chi connectivity index (χ2n) is 5.17. The molecule has 0 spiro atoms. The third-order valence-corrected chi connectivity index (χ3v) is 3.48. The standard InChI is InChI=1S/C17H14ClNO2.BF4/c18-13-7-5-12(6-8-13)17-11-15(19-9-10-20)14-3-1-2-4-16(14)21-17;2-1(3,4)5/h1-8,11,20H,9-10H2;/q;-1/p+1. The van der Waals surface area contributed by atoms with Crippen LogP contribution in [0.1, 0.15) is 0 Å². The van der Waals surface area contributed by atoms with Crippen LogP contribution in [0.2, 0.25) is 5.02 Å². The Morgan fingerprint density at radius 2 is 1.62 bits per heavy atom. The largest absolute Gasteiger partial charge is 0.673 e. The maximum atomic E-state index is 9.75. The Morgan fingerprint density at radius 3 is 2.23 bits per heavy atom. The van der Waals surface area contributed by atoms with E-state index in [2.05, 4.69) is 4.99 Å². The molecule has 0 aliphatic rings. The summed E-state index contributed by atoms with van der Waals surface area (Å²) < 4.78 is 45.0. The first-order valence-electron chi connectivity index (χ1n) is 7.62. The van der Waals surface area contributed by atoms with Crippen LogP contribution in [0, 0.1) is 0 Å². The van der Waals surface area contributed by atoms with E-state index in [1.807, 2.05) is 54.6 Å². The fraction of sp³-hybridized carbons (Fsp3) is 0.118. The van der Waals surface area contributed by atoms with Crippen molar-refractivity contribution in [2.24, 2.45) is 0 Å². The van der Waals surface area contributed by atoms with Crippen LogP contribution in [0.25, 0.3) is 22.3 Å². The molecule has 1 aromatic heterocycles. The van der Waals surface area contributed by atoms with Gasteiger partial charge in [-0.15, -0.1) is 0 Å². The van der Waals surface area contributed by atoms with Crippen molar-refractivity contribution in [3.63, 3.8) is 0 Å². The molecule has 2 aromatic carbocycles. The molecule has 138 valence electrons. The van der Waals surface area contributed by atoms with E-state index in [4.69, 9.17) is 21.1 Å². The Labute approximate surface area is 151 Å². The van der Waals surface area contributed by atoms with Crippen molar-refractivity contribution in [3.8, 4) is 11.3 Å². The molecule has 0 saturated carbocycles. The Kier molecular flexibility index (Phi) is 6.82. The summed E-state index contributed by atoms with van der Waals surface area (Å²) in [7, 11) is -6.00. The summed E-state index contributed by atoms with van der Waals surface area (Å²) in [5, 5.41) is 11.6. The normalized spacial score (nSPS) is 12.0. The number of nitrogens with one attached hydrogen (secondary N) is 1.